The first kappa shape index (κ1) is 27.4. The highest BCUT2D eigenvalue weighted by Gasteiger charge is 2.42. The van der Waals surface area contributed by atoms with Gasteiger partial charge in [-0.3, -0.25) is 4.79 Å². The molecule has 3 aliphatic heterocycles. The van der Waals surface area contributed by atoms with Crippen molar-refractivity contribution in [2.45, 2.75) is 88.3 Å². The van der Waals surface area contributed by atoms with Gasteiger partial charge in [0.2, 0.25) is 0 Å². The molecule has 0 bridgehead atoms. The molecule has 42 heavy (non-hydrogen) atoms. The van der Waals surface area contributed by atoms with Gasteiger partial charge in [0.05, 0.1) is 12.2 Å². The van der Waals surface area contributed by atoms with Crippen LogP contribution in [0.15, 0.2) is 30.5 Å². The summed E-state index contributed by atoms with van der Waals surface area (Å²) < 4.78 is 0. The minimum Gasteiger partial charge on any atom is -0.364 e. The van der Waals surface area contributed by atoms with Crippen LogP contribution in [0.1, 0.15) is 86.2 Å². The van der Waals surface area contributed by atoms with E-state index in [9.17, 15) is 9.59 Å². The van der Waals surface area contributed by atoms with Crippen LogP contribution in [0, 0.1) is 0 Å². The maximum atomic E-state index is 13.0. The zero-order valence-electron chi connectivity index (χ0n) is 24.6. The molecule has 1 atom stereocenters. The molecule has 224 valence electrons. The first-order valence-corrected chi connectivity index (χ1v) is 16.1. The maximum absolute atomic E-state index is 13.0. The Bertz CT molecular complexity index is 1280. The molecular weight excluding hydrogens is 528 g/mol. The van der Waals surface area contributed by atoms with Crippen LogP contribution in [0.2, 0.25) is 0 Å². The monoisotopic (exact) mass is 572 g/mol. The number of carbonyl (C=O) groups excluding carboxylic acids is 2. The predicted molar refractivity (Wildman–Crippen MR) is 163 cm³/mol. The average molecular weight is 573 g/mol. The first-order chi connectivity index (χ1) is 20.5. The molecule has 1 unspecified atom stereocenters. The summed E-state index contributed by atoms with van der Waals surface area (Å²) in [4.78, 5) is 43.6. The molecule has 5 aliphatic rings. The van der Waals surface area contributed by atoms with Gasteiger partial charge in [-0.05, 0) is 88.1 Å². The van der Waals surface area contributed by atoms with Crippen LogP contribution in [0.5, 0.6) is 0 Å². The van der Waals surface area contributed by atoms with E-state index in [1.165, 1.54) is 57.2 Å². The van der Waals surface area contributed by atoms with Crippen LogP contribution in [-0.2, 0) is 0 Å². The van der Waals surface area contributed by atoms with Crippen molar-refractivity contribution in [2.24, 2.45) is 5.73 Å². The topological polar surface area (TPSA) is 111 Å². The van der Waals surface area contributed by atoms with E-state index in [1.807, 2.05) is 4.90 Å². The Labute approximate surface area is 248 Å². The minimum atomic E-state index is -0.610. The number of nitrogens with zero attached hydrogens (tertiary/aromatic N) is 6. The molecule has 0 radical (unpaired) electrons. The third-order valence-corrected chi connectivity index (χ3v) is 10.2. The number of aromatic nitrogens is 2. The van der Waals surface area contributed by atoms with Gasteiger partial charge in [-0.15, -0.1) is 0 Å². The lowest BCUT2D eigenvalue weighted by Gasteiger charge is -2.38. The van der Waals surface area contributed by atoms with E-state index in [2.05, 4.69) is 49.3 Å². The molecular formula is C32H44N8O2. The van der Waals surface area contributed by atoms with E-state index in [4.69, 9.17) is 10.7 Å². The van der Waals surface area contributed by atoms with Gasteiger partial charge in [0, 0.05) is 44.0 Å². The molecule has 3 saturated heterocycles. The van der Waals surface area contributed by atoms with Crippen molar-refractivity contribution in [2.75, 3.05) is 49.5 Å². The van der Waals surface area contributed by atoms with E-state index >= 15 is 0 Å². The number of hydrogen-bond acceptors (Lipinski definition) is 7. The Balaban J connectivity index is 1.01. The van der Waals surface area contributed by atoms with Crippen LogP contribution in [0.25, 0.3) is 0 Å². The number of carbonyl (C=O) groups is 2. The molecule has 2 aliphatic carbocycles. The van der Waals surface area contributed by atoms with Crippen molar-refractivity contribution in [1.29, 1.82) is 0 Å². The number of piperidine rings is 2. The summed E-state index contributed by atoms with van der Waals surface area (Å²) in [5, 5.41) is 3.33. The SMILES string of the molecule is NC(=O)c1ncc(N2CCCC(N3CCN(C4CC4)C3=O)C2)nc1Nc1ccc(C2CCN(C3CCCC3)CC2)cc1. The molecule has 7 rings (SSSR count). The van der Waals surface area contributed by atoms with Crippen molar-refractivity contribution in [1.82, 2.24) is 24.7 Å². The largest absolute Gasteiger partial charge is 0.364 e. The summed E-state index contributed by atoms with van der Waals surface area (Å²) in [6, 6.07) is 10.1. The highest BCUT2D eigenvalue weighted by molar-refractivity contribution is 5.96. The zero-order valence-corrected chi connectivity index (χ0v) is 24.6. The van der Waals surface area contributed by atoms with Gasteiger partial charge in [-0.1, -0.05) is 25.0 Å². The average Bonchev–Trinajstić information content (AvgIpc) is 3.55. The Kier molecular flexibility index (Phi) is 7.65. The quantitative estimate of drug-likeness (QED) is 0.485. The van der Waals surface area contributed by atoms with Crippen molar-refractivity contribution in [3.63, 3.8) is 0 Å². The van der Waals surface area contributed by atoms with Crippen molar-refractivity contribution in [3.05, 3.63) is 41.7 Å². The van der Waals surface area contributed by atoms with Crippen molar-refractivity contribution < 1.29 is 9.59 Å². The Morgan fingerprint density at radius 1 is 0.810 bits per heavy atom. The molecule has 1 aromatic heterocycles. The fraction of sp³-hybridized carbons (Fsp3) is 0.625. The third-order valence-electron chi connectivity index (χ3n) is 10.2. The molecule has 5 fully saturated rings. The molecule has 3 N–H and O–H groups in total. The molecule has 0 spiro atoms. The van der Waals surface area contributed by atoms with Gasteiger partial charge in [0.15, 0.2) is 11.5 Å². The number of nitrogens with two attached hydrogens (primary N) is 1. The summed E-state index contributed by atoms with van der Waals surface area (Å²) in [7, 11) is 0. The lowest BCUT2D eigenvalue weighted by molar-refractivity contribution is 0.0996. The number of benzene rings is 1. The lowest BCUT2D eigenvalue weighted by Crippen LogP contribution is -2.50. The summed E-state index contributed by atoms with van der Waals surface area (Å²) in [5.74, 6) is 1.05. The van der Waals surface area contributed by atoms with Gasteiger partial charge in [0.1, 0.15) is 5.82 Å². The number of likely N-dealkylation sites (tertiary alicyclic amines) is 1. The van der Waals surface area contributed by atoms with Crippen molar-refractivity contribution >= 4 is 29.3 Å². The number of primary amides is 1. The van der Waals surface area contributed by atoms with Gasteiger partial charge in [0.25, 0.3) is 5.91 Å². The van der Waals surface area contributed by atoms with Crippen LogP contribution in [0.4, 0.5) is 22.1 Å². The van der Waals surface area contributed by atoms with Crippen molar-refractivity contribution in [3.8, 4) is 0 Å². The van der Waals surface area contributed by atoms with E-state index in [0.717, 1.165) is 57.0 Å². The molecule has 3 amide bonds. The Morgan fingerprint density at radius 3 is 2.19 bits per heavy atom. The number of rotatable bonds is 8. The van der Waals surface area contributed by atoms with E-state index in [0.29, 0.717) is 30.1 Å². The molecule has 2 saturated carbocycles. The van der Waals surface area contributed by atoms with Crippen LogP contribution in [-0.4, -0.2) is 94.0 Å². The predicted octanol–water partition coefficient (Wildman–Crippen LogP) is 4.31. The molecule has 4 heterocycles. The van der Waals surface area contributed by atoms with Crippen LogP contribution in [0.3, 0.4) is 0 Å². The fourth-order valence-corrected chi connectivity index (χ4v) is 7.69. The van der Waals surface area contributed by atoms with Gasteiger partial charge in [-0.25, -0.2) is 14.8 Å². The second-order valence-electron chi connectivity index (χ2n) is 12.9. The first-order valence-electron chi connectivity index (χ1n) is 16.1. The second-order valence-corrected chi connectivity index (χ2v) is 12.9. The third kappa shape index (κ3) is 5.65. The summed E-state index contributed by atoms with van der Waals surface area (Å²) in [5.41, 5.74) is 8.05. The normalized spacial score (nSPS) is 24.5. The molecule has 1 aromatic carbocycles. The number of urea groups is 1. The van der Waals surface area contributed by atoms with Gasteiger partial charge in [-0.2, -0.15) is 0 Å². The number of nitrogens with one attached hydrogen (secondary N) is 1. The van der Waals surface area contributed by atoms with Gasteiger partial charge >= 0.3 is 6.03 Å². The Morgan fingerprint density at radius 2 is 1.50 bits per heavy atom. The highest BCUT2D eigenvalue weighted by atomic mass is 16.2. The number of anilines is 3. The number of amides is 3. The van der Waals surface area contributed by atoms with Crippen LogP contribution >= 0.6 is 0 Å². The molecule has 2 aromatic rings. The molecule has 10 nitrogen and oxygen atoms in total. The van der Waals surface area contributed by atoms with E-state index < -0.39 is 5.91 Å². The smallest absolute Gasteiger partial charge is 0.320 e. The van der Waals surface area contributed by atoms with Crippen LogP contribution < -0.4 is 16.0 Å². The molecule has 10 heteroatoms. The minimum absolute atomic E-state index is 0.130. The fourth-order valence-electron chi connectivity index (χ4n) is 7.69. The Hall–Kier alpha value is -3.40. The summed E-state index contributed by atoms with van der Waals surface area (Å²) in [6.07, 6.45) is 13.8. The number of hydrogen-bond donors (Lipinski definition) is 2. The van der Waals surface area contributed by atoms with E-state index in [1.54, 1.807) is 6.20 Å². The second kappa shape index (κ2) is 11.7. The summed E-state index contributed by atoms with van der Waals surface area (Å²) >= 11 is 0. The zero-order chi connectivity index (χ0) is 28.6. The highest BCUT2D eigenvalue weighted by Crippen LogP contribution is 2.34. The standard InChI is InChI=1S/C32H44N8O2/c33-30(41)29-31(35-24-9-7-22(8-10-24)23-13-16-37(17-14-23)25-4-1-2-5-25)36-28(20-34-29)38-15-3-6-27(21-38)40-19-18-39(32(40)42)26-11-12-26/h7-10,20,23,25-27H,1-6,11-19,21H2,(H2,33,41)(H,35,36). The maximum Gasteiger partial charge on any atom is 0.320 e. The van der Waals surface area contributed by atoms with E-state index in [-0.39, 0.29) is 17.8 Å². The van der Waals surface area contributed by atoms with Gasteiger partial charge < -0.3 is 30.7 Å². The lowest BCUT2D eigenvalue weighted by atomic mass is 9.88. The summed E-state index contributed by atoms with van der Waals surface area (Å²) in [6.45, 7) is 5.57.